The van der Waals surface area contributed by atoms with Gasteiger partial charge in [0.2, 0.25) is 0 Å². The minimum absolute atomic E-state index is 0.134. The first-order valence-electron chi connectivity index (χ1n) is 6.60. The van der Waals surface area contributed by atoms with Crippen LogP contribution in [0.2, 0.25) is 0 Å². The van der Waals surface area contributed by atoms with E-state index >= 15 is 0 Å². The highest BCUT2D eigenvalue weighted by molar-refractivity contribution is 7.91. The zero-order chi connectivity index (χ0) is 12.3. The average Bonchev–Trinajstić information content (AvgIpc) is 2.28. The van der Waals surface area contributed by atoms with E-state index in [0.29, 0.717) is 17.5 Å². The summed E-state index contributed by atoms with van der Waals surface area (Å²) in [5.41, 5.74) is 0. The van der Waals surface area contributed by atoms with Gasteiger partial charge in [-0.2, -0.15) is 0 Å². The second-order valence-corrected chi connectivity index (χ2v) is 7.51. The molecule has 3 unspecified atom stereocenters. The van der Waals surface area contributed by atoms with Crippen LogP contribution in [0.15, 0.2) is 0 Å². The van der Waals surface area contributed by atoms with E-state index in [4.69, 9.17) is 4.74 Å². The van der Waals surface area contributed by atoms with Crippen LogP contribution in [0.4, 0.5) is 0 Å². The summed E-state index contributed by atoms with van der Waals surface area (Å²) in [5, 5.41) is 3.51. The molecule has 2 rings (SSSR count). The quantitative estimate of drug-likeness (QED) is 0.827. The molecule has 4 nitrogen and oxygen atoms in total. The Morgan fingerprint density at radius 3 is 2.59 bits per heavy atom. The molecule has 0 aromatic carbocycles. The summed E-state index contributed by atoms with van der Waals surface area (Å²) in [4.78, 5) is 0. The van der Waals surface area contributed by atoms with Gasteiger partial charge in [0.05, 0.1) is 17.6 Å². The van der Waals surface area contributed by atoms with Gasteiger partial charge in [0.1, 0.15) is 0 Å². The molecule has 0 amide bonds. The van der Waals surface area contributed by atoms with Gasteiger partial charge in [-0.1, -0.05) is 12.8 Å². The average molecular weight is 261 g/mol. The largest absolute Gasteiger partial charge is 0.380 e. The van der Waals surface area contributed by atoms with Crippen molar-refractivity contribution in [2.45, 2.75) is 56.7 Å². The maximum Gasteiger partial charge on any atom is 0.151 e. The van der Waals surface area contributed by atoms with Crippen LogP contribution < -0.4 is 5.32 Å². The van der Waals surface area contributed by atoms with Crippen molar-refractivity contribution in [2.75, 3.05) is 18.6 Å². The Balaban J connectivity index is 1.90. The molecule has 0 aromatic heterocycles. The summed E-state index contributed by atoms with van der Waals surface area (Å²) in [5.74, 6) is 0.670. The first-order chi connectivity index (χ1) is 8.11. The zero-order valence-electron chi connectivity index (χ0n) is 10.5. The van der Waals surface area contributed by atoms with E-state index in [-0.39, 0.29) is 12.1 Å². The molecule has 1 saturated heterocycles. The highest BCUT2D eigenvalue weighted by atomic mass is 32.2. The van der Waals surface area contributed by atoms with Crippen molar-refractivity contribution in [2.24, 2.45) is 0 Å². The molecule has 3 atom stereocenters. The number of ether oxygens (including phenoxy) is 1. The Morgan fingerprint density at radius 2 is 1.88 bits per heavy atom. The van der Waals surface area contributed by atoms with Gasteiger partial charge < -0.3 is 10.1 Å². The summed E-state index contributed by atoms with van der Waals surface area (Å²) >= 11 is 0. The zero-order valence-corrected chi connectivity index (χ0v) is 11.3. The van der Waals surface area contributed by atoms with E-state index in [1.54, 1.807) is 7.11 Å². The van der Waals surface area contributed by atoms with Crippen LogP contribution in [-0.4, -0.2) is 45.2 Å². The molecule has 0 aromatic rings. The summed E-state index contributed by atoms with van der Waals surface area (Å²) in [6, 6.07) is 0.474. The van der Waals surface area contributed by atoms with Gasteiger partial charge >= 0.3 is 0 Å². The van der Waals surface area contributed by atoms with E-state index in [1.165, 1.54) is 12.8 Å². The van der Waals surface area contributed by atoms with Crippen molar-refractivity contribution in [1.29, 1.82) is 0 Å². The van der Waals surface area contributed by atoms with Crippen molar-refractivity contribution in [1.82, 2.24) is 5.32 Å². The SMILES string of the molecule is COC1CCCCC1NC1CCCS(=O)(=O)C1. The van der Waals surface area contributed by atoms with Gasteiger partial charge in [-0.05, 0) is 25.7 Å². The lowest BCUT2D eigenvalue weighted by molar-refractivity contribution is 0.0380. The monoisotopic (exact) mass is 261 g/mol. The number of hydrogen-bond donors (Lipinski definition) is 1. The lowest BCUT2D eigenvalue weighted by Crippen LogP contribution is -2.51. The lowest BCUT2D eigenvalue weighted by Gasteiger charge is -2.35. The topological polar surface area (TPSA) is 55.4 Å². The molecule has 0 bridgehead atoms. The molecule has 1 aliphatic heterocycles. The maximum atomic E-state index is 11.6. The summed E-state index contributed by atoms with van der Waals surface area (Å²) in [6.07, 6.45) is 6.67. The molecule has 1 saturated carbocycles. The number of hydrogen-bond acceptors (Lipinski definition) is 4. The lowest BCUT2D eigenvalue weighted by atomic mass is 9.91. The van der Waals surface area contributed by atoms with Crippen LogP contribution in [0.5, 0.6) is 0 Å². The Bertz CT molecular complexity index is 342. The first kappa shape index (κ1) is 13.3. The van der Waals surface area contributed by atoms with Crippen LogP contribution in [-0.2, 0) is 14.6 Å². The molecular weight excluding hydrogens is 238 g/mol. The minimum atomic E-state index is -2.81. The minimum Gasteiger partial charge on any atom is -0.380 e. The molecule has 0 spiro atoms. The van der Waals surface area contributed by atoms with Crippen LogP contribution in [0.1, 0.15) is 38.5 Å². The third-order valence-corrected chi connectivity index (χ3v) is 5.74. The normalized spacial score (nSPS) is 37.8. The van der Waals surface area contributed by atoms with Crippen molar-refractivity contribution < 1.29 is 13.2 Å². The molecule has 1 aliphatic carbocycles. The van der Waals surface area contributed by atoms with E-state index in [2.05, 4.69) is 5.32 Å². The maximum absolute atomic E-state index is 11.6. The van der Waals surface area contributed by atoms with Crippen molar-refractivity contribution in [3.63, 3.8) is 0 Å². The standard InChI is InChI=1S/C12H23NO3S/c1-16-12-7-3-2-6-11(12)13-10-5-4-8-17(14,15)9-10/h10-13H,2-9H2,1H3. The highest BCUT2D eigenvalue weighted by Gasteiger charge is 2.30. The third-order valence-electron chi connectivity index (χ3n) is 3.92. The molecule has 1 N–H and O–H groups in total. The molecule has 1 heterocycles. The summed E-state index contributed by atoms with van der Waals surface area (Å²) in [7, 11) is -1.06. The Hall–Kier alpha value is -0.130. The molecular formula is C12H23NO3S. The van der Waals surface area contributed by atoms with Gasteiger partial charge in [-0.25, -0.2) is 8.42 Å². The first-order valence-corrected chi connectivity index (χ1v) is 8.42. The second kappa shape index (κ2) is 5.67. The second-order valence-electron chi connectivity index (χ2n) is 5.29. The fourth-order valence-electron chi connectivity index (χ4n) is 3.03. The van der Waals surface area contributed by atoms with E-state index < -0.39 is 9.84 Å². The molecule has 2 fully saturated rings. The van der Waals surface area contributed by atoms with Crippen LogP contribution in [0, 0.1) is 0 Å². The molecule has 17 heavy (non-hydrogen) atoms. The predicted octanol–water partition coefficient (Wildman–Crippen LogP) is 1.11. The van der Waals surface area contributed by atoms with Crippen molar-refractivity contribution in [3.8, 4) is 0 Å². The van der Waals surface area contributed by atoms with Gasteiger partial charge in [-0.15, -0.1) is 0 Å². The molecule has 2 aliphatic rings. The smallest absolute Gasteiger partial charge is 0.151 e. The predicted molar refractivity (Wildman–Crippen MR) is 67.9 cm³/mol. The van der Waals surface area contributed by atoms with Gasteiger partial charge in [0, 0.05) is 19.2 Å². The number of rotatable bonds is 3. The highest BCUT2D eigenvalue weighted by Crippen LogP contribution is 2.22. The van der Waals surface area contributed by atoms with Gasteiger partial charge in [-0.3, -0.25) is 0 Å². The summed E-state index contributed by atoms with van der Waals surface area (Å²) in [6.45, 7) is 0. The fraction of sp³-hybridized carbons (Fsp3) is 1.00. The number of sulfone groups is 1. The molecule has 5 heteroatoms. The Kier molecular flexibility index (Phi) is 4.44. The van der Waals surface area contributed by atoms with Gasteiger partial charge in [0.25, 0.3) is 0 Å². The molecule has 100 valence electrons. The summed E-state index contributed by atoms with van der Waals surface area (Å²) < 4.78 is 28.7. The Morgan fingerprint density at radius 1 is 1.12 bits per heavy atom. The van der Waals surface area contributed by atoms with E-state index in [9.17, 15) is 8.42 Å². The van der Waals surface area contributed by atoms with Gasteiger partial charge in [0.15, 0.2) is 9.84 Å². The van der Waals surface area contributed by atoms with Crippen LogP contribution in [0.3, 0.4) is 0 Å². The van der Waals surface area contributed by atoms with Crippen molar-refractivity contribution in [3.05, 3.63) is 0 Å². The van der Waals surface area contributed by atoms with Crippen LogP contribution in [0.25, 0.3) is 0 Å². The fourth-order valence-corrected chi connectivity index (χ4v) is 4.68. The molecule has 0 radical (unpaired) electrons. The van der Waals surface area contributed by atoms with E-state index in [0.717, 1.165) is 25.7 Å². The van der Waals surface area contributed by atoms with E-state index in [1.807, 2.05) is 0 Å². The number of methoxy groups -OCH3 is 1. The van der Waals surface area contributed by atoms with Crippen LogP contribution >= 0.6 is 0 Å². The Labute approximate surface area is 104 Å². The third kappa shape index (κ3) is 3.66. The number of nitrogens with one attached hydrogen (secondary N) is 1. The van der Waals surface area contributed by atoms with Crippen molar-refractivity contribution >= 4 is 9.84 Å².